The number of aliphatic hydroxyl groups excluding tert-OH is 1. The van der Waals surface area contributed by atoms with E-state index in [0.29, 0.717) is 6.54 Å². The SMILES string of the molecule is CC(C)(CC(=O)O)CC(=O)N1CCCCC1CO. The summed E-state index contributed by atoms with van der Waals surface area (Å²) < 4.78 is 0. The van der Waals surface area contributed by atoms with E-state index >= 15 is 0 Å². The van der Waals surface area contributed by atoms with Gasteiger partial charge in [0.25, 0.3) is 0 Å². The van der Waals surface area contributed by atoms with Gasteiger partial charge < -0.3 is 15.1 Å². The lowest BCUT2D eigenvalue weighted by atomic mass is 9.84. The molecule has 1 rings (SSSR count). The van der Waals surface area contributed by atoms with Gasteiger partial charge in [-0.3, -0.25) is 9.59 Å². The van der Waals surface area contributed by atoms with Gasteiger partial charge in [-0.2, -0.15) is 0 Å². The molecule has 1 unspecified atom stereocenters. The molecule has 1 amide bonds. The first-order valence-electron chi connectivity index (χ1n) is 6.48. The van der Waals surface area contributed by atoms with Gasteiger partial charge in [0.05, 0.1) is 19.1 Å². The van der Waals surface area contributed by atoms with E-state index in [-0.39, 0.29) is 31.4 Å². The van der Waals surface area contributed by atoms with Gasteiger partial charge in [0, 0.05) is 13.0 Å². The molecule has 0 aromatic carbocycles. The maximum absolute atomic E-state index is 12.2. The van der Waals surface area contributed by atoms with E-state index in [2.05, 4.69) is 0 Å². The van der Waals surface area contributed by atoms with Gasteiger partial charge in [-0.25, -0.2) is 0 Å². The first-order chi connectivity index (χ1) is 8.35. The molecule has 5 nitrogen and oxygen atoms in total. The molecule has 1 atom stereocenters. The number of piperidine rings is 1. The van der Waals surface area contributed by atoms with Crippen molar-refractivity contribution in [2.24, 2.45) is 5.41 Å². The summed E-state index contributed by atoms with van der Waals surface area (Å²) in [5, 5.41) is 18.1. The molecule has 0 aromatic rings. The summed E-state index contributed by atoms with van der Waals surface area (Å²) in [6.45, 7) is 4.24. The number of aliphatic hydroxyl groups is 1. The molecule has 1 heterocycles. The van der Waals surface area contributed by atoms with Crippen LogP contribution in [0.3, 0.4) is 0 Å². The number of likely N-dealkylation sites (tertiary alicyclic amines) is 1. The fraction of sp³-hybridized carbons (Fsp3) is 0.846. The van der Waals surface area contributed by atoms with Crippen LogP contribution >= 0.6 is 0 Å². The molecule has 1 aliphatic rings. The predicted molar refractivity (Wildman–Crippen MR) is 67.1 cm³/mol. The fourth-order valence-corrected chi connectivity index (χ4v) is 2.50. The smallest absolute Gasteiger partial charge is 0.303 e. The zero-order chi connectivity index (χ0) is 13.8. The summed E-state index contributed by atoms with van der Waals surface area (Å²) in [5.74, 6) is -0.926. The van der Waals surface area contributed by atoms with Gasteiger partial charge in [0.2, 0.25) is 5.91 Å². The highest BCUT2D eigenvalue weighted by Gasteiger charge is 2.31. The van der Waals surface area contributed by atoms with E-state index in [1.54, 1.807) is 18.7 Å². The standard InChI is InChI=1S/C13H23NO4/c1-13(2,8-12(17)18)7-11(16)14-6-4-3-5-10(14)9-15/h10,15H,3-9H2,1-2H3,(H,17,18). The monoisotopic (exact) mass is 257 g/mol. The zero-order valence-electron chi connectivity index (χ0n) is 11.2. The number of rotatable bonds is 5. The Morgan fingerprint density at radius 1 is 1.28 bits per heavy atom. The summed E-state index contributed by atoms with van der Waals surface area (Å²) in [5.41, 5.74) is -0.541. The van der Waals surface area contributed by atoms with Gasteiger partial charge in [0.15, 0.2) is 0 Å². The maximum Gasteiger partial charge on any atom is 0.303 e. The van der Waals surface area contributed by atoms with Crippen LogP contribution < -0.4 is 0 Å². The number of amides is 1. The molecule has 1 fully saturated rings. The lowest BCUT2D eigenvalue weighted by molar-refractivity contribution is -0.142. The quantitative estimate of drug-likeness (QED) is 0.777. The van der Waals surface area contributed by atoms with Gasteiger partial charge in [0.1, 0.15) is 0 Å². The molecule has 104 valence electrons. The van der Waals surface area contributed by atoms with Crippen LogP contribution in [-0.2, 0) is 9.59 Å². The number of carbonyl (C=O) groups is 2. The van der Waals surface area contributed by atoms with Crippen LogP contribution in [0.2, 0.25) is 0 Å². The highest BCUT2D eigenvalue weighted by Crippen LogP contribution is 2.28. The zero-order valence-corrected chi connectivity index (χ0v) is 11.2. The number of hydrogen-bond acceptors (Lipinski definition) is 3. The topological polar surface area (TPSA) is 77.8 Å². The van der Waals surface area contributed by atoms with Crippen molar-refractivity contribution >= 4 is 11.9 Å². The molecule has 0 radical (unpaired) electrons. The molecule has 18 heavy (non-hydrogen) atoms. The summed E-state index contributed by atoms with van der Waals surface area (Å²) in [6.07, 6.45) is 3.03. The number of carboxylic acids is 1. The minimum absolute atomic E-state index is 0.00883. The van der Waals surface area contributed by atoms with E-state index in [4.69, 9.17) is 5.11 Å². The molecule has 2 N–H and O–H groups in total. The van der Waals surface area contributed by atoms with E-state index in [1.807, 2.05) is 0 Å². The van der Waals surface area contributed by atoms with E-state index in [9.17, 15) is 14.7 Å². The van der Waals surface area contributed by atoms with E-state index in [0.717, 1.165) is 19.3 Å². The normalized spacial score (nSPS) is 20.8. The Labute approximate surface area is 108 Å². The van der Waals surface area contributed by atoms with Crippen LogP contribution in [0.5, 0.6) is 0 Å². The number of carbonyl (C=O) groups excluding carboxylic acids is 1. The highest BCUT2D eigenvalue weighted by atomic mass is 16.4. The minimum atomic E-state index is -0.884. The second-order valence-electron chi connectivity index (χ2n) is 5.83. The van der Waals surface area contributed by atoms with Crippen molar-refractivity contribution in [2.45, 2.75) is 52.0 Å². The first-order valence-corrected chi connectivity index (χ1v) is 6.48. The van der Waals surface area contributed by atoms with Crippen molar-refractivity contribution in [2.75, 3.05) is 13.2 Å². The van der Waals surface area contributed by atoms with Crippen molar-refractivity contribution in [3.63, 3.8) is 0 Å². The van der Waals surface area contributed by atoms with Gasteiger partial charge >= 0.3 is 5.97 Å². The van der Waals surface area contributed by atoms with Crippen LogP contribution in [0.4, 0.5) is 0 Å². The summed E-state index contributed by atoms with van der Waals surface area (Å²) in [7, 11) is 0. The lowest BCUT2D eigenvalue weighted by Crippen LogP contribution is -2.46. The highest BCUT2D eigenvalue weighted by molar-refractivity contribution is 5.78. The molecule has 0 bridgehead atoms. The van der Waals surface area contributed by atoms with Crippen molar-refractivity contribution in [1.82, 2.24) is 4.90 Å². The Balaban J connectivity index is 2.60. The number of aliphatic carboxylic acids is 1. The summed E-state index contributed by atoms with van der Waals surface area (Å²) >= 11 is 0. The van der Waals surface area contributed by atoms with Crippen LogP contribution in [-0.4, -0.2) is 46.2 Å². The third kappa shape index (κ3) is 4.29. The van der Waals surface area contributed by atoms with E-state index in [1.165, 1.54) is 0 Å². The van der Waals surface area contributed by atoms with Gasteiger partial charge in [-0.1, -0.05) is 13.8 Å². The molecule has 0 aliphatic carbocycles. The Morgan fingerprint density at radius 2 is 1.94 bits per heavy atom. The summed E-state index contributed by atoms with van der Waals surface area (Å²) in [6, 6.07) is -0.0909. The largest absolute Gasteiger partial charge is 0.481 e. The second-order valence-corrected chi connectivity index (χ2v) is 5.83. The van der Waals surface area contributed by atoms with E-state index < -0.39 is 11.4 Å². The number of carboxylic acid groups (broad SMARTS) is 1. The average Bonchev–Trinajstić information content (AvgIpc) is 2.26. The molecule has 0 saturated carbocycles. The van der Waals surface area contributed by atoms with Crippen LogP contribution in [0.1, 0.15) is 46.0 Å². The maximum atomic E-state index is 12.2. The van der Waals surface area contributed by atoms with Crippen molar-refractivity contribution in [1.29, 1.82) is 0 Å². The molecule has 0 spiro atoms. The van der Waals surface area contributed by atoms with Crippen LogP contribution in [0.25, 0.3) is 0 Å². The Morgan fingerprint density at radius 3 is 2.50 bits per heavy atom. The molecule has 5 heteroatoms. The first kappa shape index (κ1) is 15.0. The molecular weight excluding hydrogens is 234 g/mol. The van der Waals surface area contributed by atoms with Gasteiger partial charge in [-0.15, -0.1) is 0 Å². The Hall–Kier alpha value is -1.10. The van der Waals surface area contributed by atoms with Crippen molar-refractivity contribution in [3.05, 3.63) is 0 Å². The van der Waals surface area contributed by atoms with Crippen LogP contribution in [0, 0.1) is 5.41 Å². The van der Waals surface area contributed by atoms with Gasteiger partial charge in [-0.05, 0) is 24.7 Å². The number of nitrogens with zero attached hydrogens (tertiary/aromatic N) is 1. The van der Waals surface area contributed by atoms with Crippen LogP contribution in [0.15, 0.2) is 0 Å². The Bertz CT molecular complexity index is 314. The molecule has 1 aliphatic heterocycles. The third-order valence-electron chi connectivity index (χ3n) is 3.42. The minimum Gasteiger partial charge on any atom is -0.481 e. The average molecular weight is 257 g/mol. The summed E-state index contributed by atoms with van der Waals surface area (Å²) in [4.78, 5) is 24.6. The lowest BCUT2D eigenvalue weighted by Gasteiger charge is -2.36. The number of hydrogen-bond donors (Lipinski definition) is 2. The fourth-order valence-electron chi connectivity index (χ4n) is 2.50. The predicted octanol–water partition coefficient (Wildman–Crippen LogP) is 1.25. The second kappa shape index (κ2) is 6.18. The molecule has 0 aromatic heterocycles. The Kier molecular flexibility index (Phi) is 5.14. The van der Waals surface area contributed by atoms with Crippen molar-refractivity contribution in [3.8, 4) is 0 Å². The molecule has 1 saturated heterocycles. The molecular formula is C13H23NO4. The third-order valence-corrected chi connectivity index (χ3v) is 3.42. The van der Waals surface area contributed by atoms with Crippen molar-refractivity contribution < 1.29 is 19.8 Å².